The van der Waals surface area contributed by atoms with Crippen molar-refractivity contribution in [2.45, 2.75) is 28.7 Å². The van der Waals surface area contributed by atoms with Gasteiger partial charge in [-0.15, -0.1) is 0 Å². The number of nitrogens with two attached hydrogens (primary N) is 1. The number of hydrogen-bond acceptors (Lipinski definition) is 6. The smallest absolute Gasteiger partial charge is 0.252 e. The van der Waals surface area contributed by atoms with Gasteiger partial charge in [0, 0.05) is 11.6 Å². The minimum absolute atomic E-state index is 0.0821. The molecule has 0 aromatic heterocycles. The van der Waals surface area contributed by atoms with Crippen LogP contribution in [0.1, 0.15) is 12.0 Å². The van der Waals surface area contributed by atoms with E-state index in [-0.39, 0.29) is 38.5 Å². The number of nitrogens with zero attached hydrogens (tertiary/aromatic N) is 2. The van der Waals surface area contributed by atoms with Gasteiger partial charge in [0.05, 0.1) is 22.0 Å². The molecule has 37 heavy (non-hydrogen) atoms. The number of sulfonamides is 2. The highest BCUT2D eigenvalue weighted by molar-refractivity contribution is 7.89. The lowest BCUT2D eigenvalue weighted by Gasteiger charge is -2.27. The second kappa shape index (κ2) is 10.5. The molecule has 1 fully saturated rings. The third-order valence-corrected chi connectivity index (χ3v) is 9.39. The van der Waals surface area contributed by atoms with E-state index in [2.05, 4.69) is 0 Å². The van der Waals surface area contributed by atoms with Crippen molar-refractivity contribution in [3.05, 3.63) is 88.4 Å². The normalized spacial score (nSPS) is 16.5. The molecule has 0 radical (unpaired) electrons. The van der Waals surface area contributed by atoms with Crippen LogP contribution in [0.5, 0.6) is 0 Å². The van der Waals surface area contributed by atoms with Crippen LogP contribution in [-0.4, -0.2) is 45.5 Å². The molecular weight excluding hydrogens is 561 g/mol. The number of amides is 2. The van der Waals surface area contributed by atoms with E-state index in [4.69, 9.17) is 28.3 Å². The van der Waals surface area contributed by atoms with Crippen LogP contribution in [0.25, 0.3) is 0 Å². The van der Waals surface area contributed by atoms with E-state index >= 15 is 0 Å². The lowest BCUT2D eigenvalue weighted by molar-refractivity contribution is -0.122. The van der Waals surface area contributed by atoms with Crippen molar-refractivity contribution in [3.63, 3.8) is 0 Å². The number of hydrogen-bond donors (Lipinski definition) is 1. The second-order valence-electron chi connectivity index (χ2n) is 8.25. The SMILES string of the molecule is NS(=O)(=O)c1ccc(N2C(=O)CC(N(CCc3ccccc3)S(=O)(=O)c3cc(Cl)ccc3Cl)C2=O)cc1. The summed E-state index contributed by atoms with van der Waals surface area (Å²) in [5.74, 6) is -1.42. The summed E-state index contributed by atoms with van der Waals surface area (Å²) < 4.78 is 51.7. The minimum atomic E-state index is -4.37. The van der Waals surface area contributed by atoms with Crippen molar-refractivity contribution in [1.82, 2.24) is 4.31 Å². The number of anilines is 1. The average molecular weight is 582 g/mol. The molecule has 2 amide bonds. The molecule has 1 atom stereocenters. The first-order valence-electron chi connectivity index (χ1n) is 10.9. The van der Waals surface area contributed by atoms with E-state index in [9.17, 15) is 26.4 Å². The molecule has 0 spiro atoms. The lowest BCUT2D eigenvalue weighted by Crippen LogP contribution is -2.46. The van der Waals surface area contributed by atoms with Crippen LogP contribution in [0.3, 0.4) is 0 Å². The molecule has 3 aromatic carbocycles. The average Bonchev–Trinajstić information content (AvgIpc) is 3.14. The quantitative estimate of drug-likeness (QED) is 0.406. The Labute approximate surface area is 224 Å². The van der Waals surface area contributed by atoms with Crippen LogP contribution < -0.4 is 10.0 Å². The molecule has 13 heteroatoms. The Morgan fingerprint density at radius 2 is 1.57 bits per heavy atom. The Morgan fingerprint density at radius 3 is 2.19 bits per heavy atom. The number of rotatable bonds is 8. The number of imide groups is 1. The number of benzene rings is 3. The first kappa shape index (κ1) is 27.2. The molecule has 9 nitrogen and oxygen atoms in total. The van der Waals surface area contributed by atoms with Crippen LogP contribution in [0.15, 0.2) is 82.6 Å². The van der Waals surface area contributed by atoms with E-state index in [1.807, 2.05) is 18.2 Å². The van der Waals surface area contributed by atoms with Crippen LogP contribution in [-0.2, 0) is 36.1 Å². The van der Waals surface area contributed by atoms with Gasteiger partial charge in [-0.3, -0.25) is 9.59 Å². The Bertz CT molecular complexity index is 1560. The van der Waals surface area contributed by atoms with Crippen LogP contribution >= 0.6 is 23.2 Å². The van der Waals surface area contributed by atoms with Gasteiger partial charge in [0.25, 0.3) is 5.91 Å². The number of halogens is 2. The molecule has 4 rings (SSSR count). The molecule has 194 valence electrons. The summed E-state index contributed by atoms with van der Waals surface area (Å²) in [7, 11) is -8.36. The number of carbonyl (C=O) groups excluding carboxylic acids is 2. The fourth-order valence-corrected chi connectivity index (χ4v) is 6.86. The van der Waals surface area contributed by atoms with Gasteiger partial charge in [0.2, 0.25) is 26.0 Å². The molecule has 0 aliphatic carbocycles. The Morgan fingerprint density at radius 1 is 0.919 bits per heavy atom. The van der Waals surface area contributed by atoms with E-state index in [0.29, 0.717) is 0 Å². The minimum Gasteiger partial charge on any atom is -0.274 e. The Hall–Kier alpha value is -2.80. The highest BCUT2D eigenvalue weighted by atomic mass is 35.5. The van der Waals surface area contributed by atoms with Gasteiger partial charge in [-0.1, -0.05) is 53.5 Å². The summed E-state index contributed by atoms with van der Waals surface area (Å²) in [6.45, 7) is -0.114. The molecule has 1 aliphatic rings. The Balaban J connectivity index is 1.72. The van der Waals surface area contributed by atoms with Crippen LogP contribution in [0.2, 0.25) is 10.0 Å². The van der Waals surface area contributed by atoms with Crippen molar-refractivity contribution >= 4 is 60.8 Å². The number of carbonyl (C=O) groups is 2. The first-order chi connectivity index (χ1) is 17.4. The molecule has 0 bridgehead atoms. The third kappa shape index (κ3) is 5.71. The summed E-state index contributed by atoms with van der Waals surface area (Å²) in [5.41, 5.74) is 0.915. The van der Waals surface area contributed by atoms with Crippen LogP contribution in [0, 0.1) is 0 Å². The monoisotopic (exact) mass is 581 g/mol. The molecule has 1 aliphatic heterocycles. The second-order valence-corrected chi connectivity index (χ2v) is 12.5. The summed E-state index contributed by atoms with van der Waals surface area (Å²) in [5, 5.41) is 5.17. The zero-order valence-corrected chi connectivity index (χ0v) is 22.3. The van der Waals surface area contributed by atoms with Gasteiger partial charge in [0.1, 0.15) is 10.9 Å². The van der Waals surface area contributed by atoms with Gasteiger partial charge in [0.15, 0.2) is 0 Å². The summed E-state index contributed by atoms with van der Waals surface area (Å²) in [4.78, 5) is 26.8. The standard InChI is InChI=1S/C24H21Cl2N3O6S2/c25-17-6-11-20(26)22(14-17)37(34,35)28(13-12-16-4-2-1-3-5-16)21-15-23(30)29(24(21)31)18-7-9-19(10-8-18)36(27,32)33/h1-11,14,21H,12-13,15H2,(H2,27,32,33). The maximum absolute atomic E-state index is 13.8. The largest absolute Gasteiger partial charge is 0.274 e. The van der Waals surface area contributed by atoms with Crippen molar-refractivity contribution in [3.8, 4) is 0 Å². The maximum atomic E-state index is 13.8. The molecule has 1 unspecified atom stereocenters. The van der Waals surface area contributed by atoms with Crippen molar-refractivity contribution in [2.75, 3.05) is 11.4 Å². The molecule has 1 saturated heterocycles. The first-order valence-corrected chi connectivity index (χ1v) is 14.6. The molecular formula is C24H21Cl2N3O6S2. The molecule has 3 aromatic rings. The van der Waals surface area contributed by atoms with Gasteiger partial charge < -0.3 is 0 Å². The van der Waals surface area contributed by atoms with E-state index < -0.39 is 44.3 Å². The predicted molar refractivity (Wildman–Crippen MR) is 139 cm³/mol. The highest BCUT2D eigenvalue weighted by Gasteiger charge is 2.47. The lowest BCUT2D eigenvalue weighted by atomic mass is 10.1. The summed E-state index contributed by atoms with van der Waals surface area (Å²) in [6.07, 6.45) is -0.152. The Kier molecular flexibility index (Phi) is 7.75. The number of primary sulfonamides is 1. The van der Waals surface area contributed by atoms with Crippen molar-refractivity contribution in [1.29, 1.82) is 0 Å². The van der Waals surface area contributed by atoms with Crippen molar-refractivity contribution < 1.29 is 26.4 Å². The third-order valence-electron chi connectivity index (χ3n) is 5.84. The zero-order valence-electron chi connectivity index (χ0n) is 19.1. The van der Waals surface area contributed by atoms with Gasteiger partial charge >= 0.3 is 0 Å². The van der Waals surface area contributed by atoms with Gasteiger partial charge in [-0.2, -0.15) is 4.31 Å². The molecule has 0 saturated carbocycles. The topological polar surface area (TPSA) is 135 Å². The van der Waals surface area contributed by atoms with E-state index in [1.165, 1.54) is 30.3 Å². The van der Waals surface area contributed by atoms with Crippen LogP contribution in [0.4, 0.5) is 5.69 Å². The van der Waals surface area contributed by atoms with Gasteiger partial charge in [-0.25, -0.2) is 26.9 Å². The predicted octanol–water partition coefficient (Wildman–Crippen LogP) is 3.21. The van der Waals surface area contributed by atoms with Crippen molar-refractivity contribution in [2.24, 2.45) is 5.14 Å². The molecule has 2 N–H and O–H groups in total. The van der Waals surface area contributed by atoms with Gasteiger partial charge in [-0.05, 0) is 54.4 Å². The maximum Gasteiger partial charge on any atom is 0.252 e. The van der Waals surface area contributed by atoms with E-state index in [0.717, 1.165) is 26.9 Å². The molecule has 1 heterocycles. The summed E-state index contributed by atoms with van der Waals surface area (Å²) >= 11 is 12.2. The summed E-state index contributed by atoms with van der Waals surface area (Å²) in [6, 6.07) is 16.5. The zero-order chi connectivity index (χ0) is 27.0. The fraction of sp³-hybridized carbons (Fsp3) is 0.167. The highest BCUT2D eigenvalue weighted by Crippen LogP contribution is 2.33. The van der Waals surface area contributed by atoms with E-state index in [1.54, 1.807) is 12.1 Å². The fourth-order valence-electron chi connectivity index (χ4n) is 4.03.